The molecule has 4 nitrogen and oxygen atoms in total. The summed E-state index contributed by atoms with van der Waals surface area (Å²) in [7, 11) is 1.19. The van der Waals surface area contributed by atoms with Crippen molar-refractivity contribution >= 4 is 29.2 Å². The Balaban J connectivity index is 2.27. The molecular formula is C15H10ClF2NO3. The average Bonchev–Trinajstić information content (AvgIpc) is 2.47. The van der Waals surface area contributed by atoms with Gasteiger partial charge in [-0.25, -0.2) is 13.6 Å². The Bertz CT molecular complexity index is 729. The number of carbonyl (C=O) groups excluding carboxylic acids is 2. The number of anilines is 1. The predicted molar refractivity (Wildman–Crippen MR) is 77.1 cm³/mol. The van der Waals surface area contributed by atoms with Crippen molar-refractivity contribution in [2.24, 2.45) is 0 Å². The van der Waals surface area contributed by atoms with Gasteiger partial charge in [-0.1, -0.05) is 11.6 Å². The van der Waals surface area contributed by atoms with E-state index in [9.17, 15) is 18.4 Å². The number of rotatable bonds is 3. The lowest BCUT2D eigenvalue weighted by Crippen LogP contribution is -2.13. The fraction of sp³-hybridized carbons (Fsp3) is 0.0667. The summed E-state index contributed by atoms with van der Waals surface area (Å²) >= 11 is 5.85. The molecule has 0 radical (unpaired) electrons. The molecule has 0 aliphatic heterocycles. The molecule has 0 aliphatic rings. The first-order valence-electron chi connectivity index (χ1n) is 6.06. The van der Waals surface area contributed by atoms with Crippen molar-refractivity contribution in [2.75, 3.05) is 12.4 Å². The summed E-state index contributed by atoms with van der Waals surface area (Å²) < 4.78 is 30.8. The van der Waals surface area contributed by atoms with Crippen LogP contribution in [0.15, 0.2) is 36.4 Å². The van der Waals surface area contributed by atoms with Crippen LogP contribution < -0.4 is 5.32 Å². The molecule has 0 aliphatic carbocycles. The molecule has 0 saturated carbocycles. The highest BCUT2D eigenvalue weighted by atomic mass is 35.5. The van der Waals surface area contributed by atoms with Crippen molar-refractivity contribution in [2.45, 2.75) is 0 Å². The lowest BCUT2D eigenvalue weighted by atomic mass is 10.1. The van der Waals surface area contributed by atoms with Crippen LogP contribution in [0.2, 0.25) is 5.02 Å². The minimum absolute atomic E-state index is 0.0624. The van der Waals surface area contributed by atoms with E-state index in [1.807, 2.05) is 0 Å². The second-order valence-electron chi connectivity index (χ2n) is 4.30. The van der Waals surface area contributed by atoms with Crippen molar-refractivity contribution in [1.82, 2.24) is 0 Å². The molecular weight excluding hydrogens is 316 g/mol. The molecule has 0 heterocycles. The monoisotopic (exact) mass is 325 g/mol. The van der Waals surface area contributed by atoms with Crippen molar-refractivity contribution in [1.29, 1.82) is 0 Å². The largest absolute Gasteiger partial charge is 0.465 e. The van der Waals surface area contributed by atoms with Gasteiger partial charge in [-0.2, -0.15) is 0 Å². The van der Waals surface area contributed by atoms with Crippen LogP contribution in [0.3, 0.4) is 0 Å². The smallest absolute Gasteiger partial charge is 0.339 e. The van der Waals surface area contributed by atoms with Crippen molar-refractivity contribution < 1.29 is 23.1 Å². The normalized spacial score (nSPS) is 10.2. The number of ether oxygens (including phenoxy) is 1. The fourth-order valence-electron chi connectivity index (χ4n) is 1.76. The number of esters is 1. The van der Waals surface area contributed by atoms with Gasteiger partial charge in [0.2, 0.25) is 0 Å². The number of amides is 1. The number of nitrogens with one attached hydrogen (secondary N) is 1. The second kappa shape index (κ2) is 6.53. The maximum Gasteiger partial charge on any atom is 0.339 e. The number of hydrogen-bond donors (Lipinski definition) is 1. The quantitative estimate of drug-likeness (QED) is 0.876. The van der Waals surface area contributed by atoms with Crippen LogP contribution in [0, 0.1) is 11.6 Å². The summed E-state index contributed by atoms with van der Waals surface area (Å²) in [5.41, 5.74) is 0.110. The molecule has 7 heteroatoms. The van der Waals surface area contributed by atoms with Crippen LogP contribution in [0.25, 0.3) is 0 Å². The fourth-order valence-corrected chi connectivity index (χ4v) is 1.95. The van der Waals surface area contributed by atoms with Crippen LogP contribution in [0.4, 0.5) is 14.5 Å². The van der Waals surface area contributed by atoms with Crippen LogP contribution >= 0.6 is 11.6 Å². The standard InChI is InChI=1S/C15H10ClF2NO3/c1-22-15(21)12-7-11(2-3-13(12)16)19-14(20)8-4-9(17)6-10(18)5-8/h2-7H,1H3,(H,19,20). The van der Waals surface area contributed by atoms with Crippen molar-refractivity contribution in [3.63, 3.8) is 0 Å². The first-order valence-corrected chi connectivity index (χ1v) is 6.44. The van der Waals surface area contributed by atoms with Crippen LogP contribution in [0.5, 0.6) is 0 Å². The Morgan fingerprint density at radius 2 is 1.73 bits per heavy atom. The molecule has 114 valence electrons. The minimum Gasteiger partial charge on any atom is -0.465 e. The highest BCUT2D eigenvalue weighted by Crippen LogP contribution is 2.22. The molecule has 0 bridgehead atoms. The molecule has 0 saturated heterocycles. The minimum atomic E-state index is -0.864. The van der Waals surface area contributed by atoms with Crippen LogP contribution in [-0.2, 0) is 4.74 Å². The van der Waals surface area contributed by atoms with Crippen molar-refractivity contribution in [3.05, 3.63) is 64.2 Å². The Morgan fingerprint density at radius 1 is 1.09 bits per heavy atom. The lowest BCUT2D eigenvalue weighted by molar-refractivity contribution is 0.0600. The van der Waals surface area contributed by atoms with Gasteiger partial charge in [-0.15, -0.1) is 0 Å². The van der Waals surface area contributed by atoms with Gasteiger partial charge < -0.3 is 10.1 Å². The molecule has 0 unspecified atom stereocenters. The zero-order valence-corrected chi connectivity index (χ0v) is 12.1. The third-order valence-corrected chi connectivity index (χ3v) is 3.08. The molecule has 22 heavy (non-hydrogen) atoms. The van der Waals surface area contributed by atoms with Gasteiger partial charge in [-0.05, 0) is 30.3 Å². The lowest BCUT2D eigenvalue weighted by Gasteiger charge is -2.08. The van der Waals surface area contributed by atoms with E-state index in [0.717, 1.165) is 12.1 Å². The topological polar surface area (TPSA) is 55.4 Å². The van der Waals surface area contributed by atoms with E-state index < -0.39 is 23.5 Å². The van der Waals surface area contributed by atoms with Gasteiger partial charge in [0.05, 0.1) is 17.7 Å². The van der Waals surface area contributed by atoms with Gasteiger partial charge in [0.1, 0.15) is 11.6 Å². The first kappa shape index (κ1) is 15.9. The highest BCUT2D eigenvalue weighted by Gasteiger charge is 2.14. The third-order valence-electron chi connectivity index (χ3n) is 2.75. The van der Waals surface area contributed by atoms with Gasteiger partial charge in [0.25, 0.3) is 5.91 Å². The van der Waals surface area contributed by atoms with E-state index in [4.69, 9.17) is 11.6 Å². The van der Waals surface area contributed by atoms with E-state index in [2.05, 4.69) is 10.1 Å². The van der Waals surface area contributed by atoms with Crippen LogP contribution in [-0.4, -0.2) is 19.0 Å². The van der Waals surface area contributed by atoms with Gasteiger partial charge in [-0.3, -0.25) is 4.79 Å². The van der Waals surface area contributed by atoms with Gasteiger partial charge in [0, 0.05) is 17.3 Å². The summed E-state index contributed by atoms with van der Waals surface area (Å²) in [6, 6.07) is 6.61. The van der Waals surface area contributed by atoms with E-state index in [0.29, 0.717) is 6.07 Å². The van der Waals surface area contributed by atoms with E-state index in [1.54, 1.807) is 0 Å². The number of benzene rings is 2. The Labute approximate surface area is 129 Å². The van der Waals surface area contributed by atoms with E-state index in [1.165, 1.54) is 25.3 Å². The van der Waals surface area contributed by atoms with Crippen molar-refractivity contribution in [3.8, 4) is 0 Å². The summed E-state index contributed by atoms with van der Waals surface area (Å²) in [6.45, 7) is 0. The molecule has 2 aromatic rings. The third kappa shape index (κ3) is 3.59. The van der Waals surface area contributed by atoms with Gasteiger partial charge in [0.15, 0.2) is 0 Å². The Hall–Kier alpha value is -2.47. The summed E-state index contributed by atoms with van der Waals surface area (Å²) in [6.07, 6.45) is 0. The van der Waals surface area contributed by atoms with E-state index >= 15 is 0 Å². The molecule has 0 aromatic heterocycles. The molecule has 2 aromatic carbocycles. The highest BCUT2D eigenvalue weighted by molar-refractivity contribution is 6.33. The predicted octanol–water partition coefficient (Wildman–Crippen LogP) is 3.66. The average molecular weight is 326 g/mol. The zero-order chi connectivity index (χ0) is 16.3. The molecule has 0 spiro atoms. The SMILES string of the molecule is COC(=O)c1cc(NC(=O)c2cc(F)cc(F)c2)ccc1Cl. The van der Waals surface area contributed by atoms with Crippen LogP contribution in [0.1, 0.15) is 20.7 Å². The number of halogens is 3. The number of methoxy groups -OCH3 is 1. The summed E-state index contributed by atoms with van der Waals surface area (Å²) in [4.78, 5) is 23.5. The number of carbonyl (C=O) groups is 2. The Kier molecular flexibility index (Phi) is 4.72. The number of hydrogen-bond acceptors (Lipinski definition) is 3. The molecule has 0 fully saturated rings. The maximum absolute atomic E-state index is 13.1. The maximum atomic E-state index is 13.1. The second-order valence-corrected chi connectivity index (χ2v) is 4.71. The molecule has 1 amide bonds. The summed E-state index contributed by atoms with van der Waals surface area (Å²) in [5.74, 6) is -3.12. The Morgan fingerprint density at radius 3 is 2.32 bits per heavy atom. The van der Waals surface area contributed by atoms with E-state index in [-0.39, 0.29) is 21.8 Å². The summed E-state index contributed by atoms with van der Waals surface area (Å²) in [5, 5.41) is 2.57. The zero-order valence-electron chi connectivity index (χ0n) is 11.3. The molecule has 1 N–H and O–H groups in total. The van der Waals surface area contributed by atoms with Gasteiger partial charge >= 0.3 is 5.97 Å². The molecule has 2 rings (SSSR count). The molecule has 0 atom stereocenters. The first-order chi connectivity index (χ1) is 10.4.